The van der Waals surface area contributed by atoms with Gasteiger partial charge in [0.05, 0.1) is 38.1 Å². The Hall–Kier alpha value is -2.95. The zero-order valence-electron chi connectivity index (χ0n) is 22.9. The third-order valence-corrected chi connectivity index (χ3v) is 8.47. The van der Waals surface area contributed by atoms with Crippen LogP contribution in [-0.4, -0.2) is 18.8 Å². The molecule has 3 atom stereocenters. The van der Waals surface area contributed by atoms with Gasteiger partial charge in [0.2, 0.25) is 0 Å². The van der Waals surface area contributed by atoms with Crippen molar-refractivity contribution in [2.75, 3.05) is 6.61 Å². The van der Waals surface area contributed by atoms with E-state index in [-0.39, 0.29) is 18.3 Å². The molecule has 1 saturated heterocycles. The summed E-state index contributed by atoms with van der Waals surface area (Å²) in [6.07, 6.45) is 6.06. The number of fused-ring (bicyclic) bond motifs is 1. The zero-order valence-corrected chi connectivity index (χ0v) is 23.7. The van der Waals surface area contributed by atoms with Gasteiger partial charge in [0.25, 0.3) is 0 Å². The Morgan fingerprint density at radius 2 is 1.48 bits per heavy atom. The van der Waals surface area contributed by atoms with E-state index < -0.39 is 0 Å². The number of aryl methyl sites for hydroxylation is 2. The molecule has 6 rings (SSSR count). The van der Waals surface area contributed by atoms with Crippen LogP contribution in [0.3, 0.4) is 0 Å². The first-order valence-electron chi connectivity index (χ1n) is 14.5. The monoisotopic (exact) mass is 552 g/mol. The Balaban J connectivity index is 1.16. The molecule has 1 aliphatic carbocycles. The molecule has 1 heterocycles. The summed E-state index contributed by atoms with van der Waals surface area (Å²) in [5, 5.41) is 0.805. The fourth-order valence-corrected chi connectivity index (χ4v) is 6.17. The van der Waals surface area contributed by atoms with E-state index in [1.165, 1.54) is 47.1 Å². The van der Waals surface area contributed by atoms with Crippen molar-refractivity contribution >= 4 is 11.6 Å². The Bertz CT molecular complexity index is 1390. The molecule has 4 heteroatoms. The normalized spacial score (nSPS) is 20.4. The predicted octanol–water partition coefficient (Wildman–Crippen LogP) is 8.44. The molecular formula is C36H37ClO3. The van der Waals surface area contributed by atoms with Gasteiger partial charge >= 0.3 is 0 Å². The van der Waals surface area contributed by atoms with Gasteiger partial charge in [-0.1, -0.05) is 103 Å². The molecule has 0 N–H and O–H groups in total. The fourth-order valence-electron chi connectivity index (χ4n) is 5.99. The summed E-state index contributed by atoms with van der Waals surface area (Å²) in [7, 11) is 0. The van der Waals surface area contributed by atoms with Gasteiger partial charge in [-0.2, -0.15) is 0 Å². The summed E-state index contributed by atoms with van der Waals surface area (Å²) in [5.41, 5.74) is 8.97. The van der Waals surface area contributed by atoms with Gasteiger partial charge in [0.15, 0.2) is 0 Å². The van der Waals surface area contributed by atoms with E-state index >= 15 is 0 Å². The molecule has 0 amide bonds. The van der Waals surface area contributed by atoms with E-state index in [0.29, 0.717) is 19.8 Å². The Labute approximate surface area is 243 Å². The van der Waals surface area contributed by atoms with Crippen LogP contribution >= 0.6 is 11.6 Å². The van der Waals surface area contributed by atoms with Gasteiger partial charge in [0.1, 0.15) is 0 Å². The van der Waals surface area contributed by atoms with Gasteiger partial charge in [-0.25, -0.2) is 0 Å². The molecule has 4 aromatic rings. The predicted molar refractivity (Wildman–Crippen MR) is 161 cm³/mol. The Kier molecular flexibility index (Phi) is 8.95. The molecule has 40 heavy (non-hydrogen) atoms. The Morgan fingerprint density at radius 3 is 2.27 bits per heavy atom. The van der Waals surface area contributed by atoms with Crippen LogP contribution < -0.4 is 0 Å². The van der Waals surface area contributed by atoms with Crippen LogP contribution in [-0.2, 0) is 46.7 Å². The molecule has 0 saturated carbocycles. The second-order valence-electron chi connectivity index (χ2n) is 11.1. The van der Waals surface area contributed by atoms with Crippen molar-refractivity contribution in [2.45, 2.75) is 70.1 Å². The van der Waals surface area contributed by atoms with Crippen molar-refractivity contribution in [3.63, 3.8) is 0 Å². The van der Waals surface area contributed by atoms with Crippen LogP contribution in [0.5, 0.6) is 0 Å². The maximum atomic E-state index is 6.72. The van der Waals surface area contributed by atoms with Gasteiger partial charge in [-0.05, 0) is 70.7 Å². The molecular weight excluding hydrogens is 516 g/mol. The third kappa shape index (κ3) is 7.03. The number of benzene rings is 4. The standard InChI is InChI=1S/C36H37ClO3/c37-35-17-16-31(20-32(35)19-28-14-15-29-12-7-13-30(29)18-28)36-22-33(39-24-27-10-5-2-6-11-27)21-34(40-36)25-38-23-26-8-3-1-4-9-26/h1-6,8-11,14-18,20,33-34,36H,7,12-13,19,21-25H2. The van der Waals surface area contributed by atoms with Crippen molar-refractivity contribution in [3.8, 4) is 0 Å². The lowest BCUT2D eigenvalue weighted by Gasteiger charge is -2.36. The number of rotatable bonds is 10. The first kappa shape index (κ1) is 27.2. The number of hydrogen-bond acceptors (Lipinski definition) is 3. The molecule has 3 nitrogen and oxygen atoms in total. The number of halogens is 1. The molecule has 1 aliphatic heterocycles. The molecule has 0 spiro atoms. The topological polar surface area (TPSA) is 27.7 Å². The van der Waals surface area contributed by atoms with Crippen molar-refractivity contribution < 1.29 is 14.2 Å². The largest absolute Gasteiger partial charge is 0.374 e. The summed E-state index contributed by atoms with van der Waals surface area (Å²) >= 11 is 6.72. The van der Waals surface area contributed by atoms with Gasteiger partial charge in [-0.15, -0.1) is 0 Å². The molecule has 3 unspecified atom stereocenters. The third-order valence-electron chi connectivity index (χ3n) is 8.10. The minimum atomic E-state index is -0.0733. The van der Waals surface area contributed by atoms with Crippen LogP contribution in [0.2, 0.25) is 5.02 Å². The van der Waals surface area contributed by atoms with Gasteiger partial charge < -0.3 is 14.2 Å². The van der Waals surface area contributed by atoms with Crippen LogP contribution in [0, 0.1) is 0 Å². The summed E-state index contributed by atoms with van der Waals surface area (Å²) in [6, 6.07) is 34.0. The van der Waals surface area contributed by atoms with E-state index in [1.54, 1.807) is 0 Å². The molecule has 0 bridgehead atoms. The summed E-state index contributed by atoms with van der Waals surface area (Å²) < 4.78 is 19.2. The minimum absolute atomic E-state index is 0.0425. The van der Waals surface area contributed by atoms with Crippen molar-refractivity contribution in [2.24, 2.45) is 0 Å². The highest BCUT2D eigenvalue weighted by Crippen LogP contribution is 2.36. The van der Waals surface area contributed by atoms with Crippen LogP contribution in [0.1, 0.15) is 64.3 Å². The SMILES string of the molecule is Clc1ccc(C2CC(OCc3ccccc3)CC(COCc3ccccc3)O2)cc1Cc1ccc2c(c1)CCC2. The first-order valence-corrected chi connectivity index (χ1v) is 14.9. The molecule has 0 aromatic heterocycles. The molecule has 1 fully saturated rings. The fraction of sp³-hybridized carbons (Fsp3) is 0.333. The van der Waals surface area contributed by atoms with Crippen molar-refractivity contribution in [1.82, 2.24) is 0 Å². The second-order valence-corrected chi connectivity index (χ2v) is 11.5. The lowest BCUT2D eigenvalue weighted by Crippen LogP contribution is -2.35. The van der Waals surface area contributed by atoms with E-state index in [2.05, 4.69) is 66.7 Å². The summed E-state index contributed by atoms with van der Waals surface area (Å²) in [6.45, 7) is 1.71. The highest BCUT2D eigenvalue weighted by Gasteiger charge is 2.31. The summed E-state index contributed by atoms with van der Waals surface area (Å²) in [5.74, 6) is 0. The van der Waals surface area contributed by atoms with Crippen LogP contribution in [0.25, 0.3) is 0 Å². The Morgan fingerprint density at radius 1 is 0.725 bits per heavy atom. The smallest absolute Gasteiger partial charge is 0.0854 e. The van der Waals surface area contributed by atoms with Crippen molar-refractivity contribution in [3.05, 3.63) is 141 Å². The average Bonchev–Trinajstić information content (AvgIpc) is 3.46. The van der Waals surface area contributed by atoms with Gasteiger partial charge in [-0.3, -0.25) is 0 Å². The number of hydrogen-bond donors (Lipinski definition) is 0. The molecule has 0 radical (unpaired) electrons. The number of ether oxygens (including phenoxy) is 3. The lowest BCUT2D eigenvalue weighted by molar-refractivity contribution is -0.142. The maximum Gasteiger partial charge on any atom is 0.0854 e. The van der Waals surface area contributed by atoms with Crippen molar-refractivity contribution in [1.29, 1.82) is 0 Å². The quantitative estimate of drug-likeness (QED) is 0.197. The highest BCUT2D eigenvalue weighted by atomic mass is 35.5. The van der Waals surface area contributed by atoms with Gasteiger partial charge in [0, 0.05) is 17.9 Å². The highest BCUT2D eigenvalue weighted by molar-refractivity contribution is 6.31. The molecule has 206 valence electrons. The lowest BCUT2D eigenvalue weighted by atomic mass is 9.93. The summed E-state index contributed by atoms with van der Waals surface area (Å²) in [4.78, 5) is 0. The minimum Gasteiger partial charge on any atom is -0.374 e. The maximum absolute atomic E-state index is 6.72. The average molecular weight is 553 g/mol. The van der Waals surface area contributed by atoms with Crippen LogP contribution in [0.15, 0.2) is 97.1 Å². The second kappa shape index (κ2) is 13.1. The first-order chi connectivity index (χ1) is 19.7. The van der Waals surface area contributed by atoms with E-state index in [9.17, 15) is 0 Å². The molecule has 4 aromatic carbocycles. The van der Waals surface area contributed by atoms with E-state index in [4.69, 9.17) is 25.8 Å². The zero-order chi connectivity index (χ0) is 27.1. The molecule has 2 aliphatic rings. The van der Waals surface area contributed by atoms with Crippen LogP contribution in [0.4, 0.5) is 0 Å². The van der Waals surface area contributed by atoms with E-state index in [0.717, 1.165) is 35.4 Å². The van der Waals surface area contributed by atoms with E-state index in [1.807, 2.05) is 30.3 Å².